The standard InChI is InChI=1S/C15H22O4/c1-10(2)14-6-5-13(9-11(14)3)19-8-7-18-12(4)15(16)17/h5-6,9-10,12H,7-8H2,1-4H3,(H,16,17)/t12-/m0/s1. The van der Waals surface area contributed by atoms with Crippen molar-refractivity contribution in [3.63, 3.8) is 0 Å². The SMILES string of the molecule is Cc1cc(OCCO[C@@H](C)C(=O)O)ccc1C(C)C. The van der Waals surface area contributed by atoms with E-state index in [0.717, 1.165) is 5.75 Å². The predicted octanol–water partition coefficient (Wildman–Crippen LogP) is 2.99. The van der Waals surface area contributed by atoms with E-state index in [1.165, 1.54) is 18.1 Å². The monoisotopic (exact) mass is 266 g/mol. The Hall–Kier alpha value is -1.55. The molecule has 0 bridgehead atoms. The van der Waals surface area contributed by atoms with E-state index >= 15 is 0 Å². The van der Waals surface area contributed by atoms with Gasteiger partial charge in [0, 0.05) is 0 Å². The van der Waals surface area contributed by atoms with Crippen LogP contribution in [0.4, 0.5) is 0 Å². The largest absolute Gasteiger partial charge is 0.491 e. The molecule has 4 nitrogen and oxygen atoms in total. The van der Waals surface area contributed by atoms with Gasteiger partial charge in [0.2, 0.25) is 0 Å². The van der Waals surface area contributed by atoms with Crippen LogP contribution >= 0.6 is 0 Å². The predicted molar refractivity (Wildman–Crippen MR) is 73.8 cm³/mol. The Morgan fingerprint density at radius 3 is 2.47 bits per heavy atom. The second-order valence-electron chi connectivity index (χ2n) is 4.87. The lowest BCUT2D eigenvalue weighted by Gasteiger charge is -2.13. The van der Waals surface area contributed by atoms with Gasteiger partial charge in [-0.25, -0.2) is 4.79 Å². The zero-order valence-corrected chi connectivity index (χ0v) is 12.0. The molecule has 0 heterocycles. The summed E-state index contributed by atoms with van der Waals surface area (Å²) in [7, 11) is 0. The summed E-state index contributed by atoms with van der Waals surface area (Å²) in [6, 6.07) is 6.00. The first-order valence-corrected chi connectivity index (χ1v) is 6.49. The number of carbonyl (C=O) groups is 1. The first kappa shape index (κ1) is 15.5. The number of carboxylic acid groups (broad SMARTS) is 1. The molecule has 0 saturated heterocycles. The fourth-order valence-electron chi connectivity index (χ4n) is 1.84. The molecule has 0 saturated carbocycles. The van der Waals surface area contributed by atoms with Crippen molar-refractivity contribution >= 4 is 5.97 Å². The minimum Gasteiger partial charge on any atom is -0.491 e. The third-order valence-corrected chi connectivity index (χ3v) is 2.93. The van der Waals surface area contributed by atoms with E-state index in [-0.39, 0.29) is 6.61 Å². The van der Waals surface area contributed by atoms with Crippen molar-refractivity contribution in [2.75, 3.05) is 13.2 Å². The van der Waals surface area contributed by atoms with Gasteiger partial charge in [0.15, 0.2) is 6.10 Å². The molecule has 0 amide bonds. The Kier molecular flexibility index (Phi) is 5.83. The van der Waals surface area contributed by atoms with Crippen LogP contribution in [0.25, 0.3) is 0 Å². The van der Waals surface area contributed by atoms with E-state index in [4.69, 9.17) is 14.6 Å². The Balaban J connectivity index is 2.42. The van der Waals surface area contributed by atoms with Crippen LogP contribution in [0.1, 0.15) is 37.8 Å². The van der Waals surface area contributed by atoms with Crippen molar-refractivity contribution in [2.45, 2.75) is 39.7 Å². The third-order valence-electron chi connectivity index (χ3n) is 2.93. The maximum atomic E-state index is 10.5. The smallest absolute Gasteiger partial charge is 0.332 e. The van der Waals surface area contributed by atoms with Gasteiger partial charge in [0.05, 0.1) is 6.61 Å². The number of carboxylic acids is 1. The molecular formula is C15H22O4. The zero-order valence-electron chi connectivity index (χ0n) is 12.0. The minimum atomic E-state index is -0.961. The molecule has 0 aliphatic rings. The molecule has 106 valence electrons. The number of benzene rings is 1. The second-order valence-corrected chi connectivity index (χ2v) is 4.87. The number of rotatable bonds is 7. The van der Waals surface area contributed by atoms with Gasteiger partial charge in [-0.3, -0.25) is 0 Å². The Bertz CT molecular complexity index is 426. The van der Waals surface area contributed by atoms with Crippen molar-refractivity contribution in [3.8, 4) is 5.75 Å². The average molecular weight is 266 g/mol. The van der Waals surface area contributed by atoms with Crippen molar-refractivity contribution in [1.82, 2.24) is 0 Å². The van der Waals surface area contributed by atoms with E-state index in [1.807, 2.05) is 12.1 Å². The number of hydrogen-bond acceptors (Lipinski definition) is 3. The highest BCUT2D eigenvalue weighted by Gasteiger charge is 2.10. The molecule has 0 aliphatic heterocycles. The molecule has 0 aromatic heterocycles. The molecule has 0 unspecified atom stereocenters. The first-order valence-electron chi connectivity index (χ1n) is 6.49. The number of hydrogen-bond donors (Lipinski definition) is 1. The van der Waals surface area contributed by atoms with Crippen molar-refractivity contribution in [3.05, 3.63) is 29.3 Å². The fraction of sp³-hybridized carbons (Fsp3) is 0.533. The third kappa shape index (κ3) is 4.91. The fourth-order valence-corrected chi connectivity index (χ4v) is 1.84. The molecule has 0 radical (unpaired) electrons. The van der Waals surface area contributed by atoms with Crippen LogP contribution < -0.4 is 4.74 Å². The maximum Gasteiger partial charge on any atom is 0.332 e. The minimum absolute atomic E-state index is 0.262. The van der Waals surface area contributed by atoms with E-state index in [1.54, 1.807) is 0 Å². The first-order chi connectivity index (χ1) is 8.91. The molecule has 1 rings (SSSR count). The summed E-state index contributed by atoms with van der Waals surface area (Å²) in [5, 5.41) is 8.65. The van der Waals surface area contributed by atoms with Gasteiger partial charge < -0.3 is 14.6 Å². The van der Waals surface area contributed by atoms with Crippen LogP contribution in [0.3, 0.4) is 0 Å². The van der Waals surface area contributed by atoms with Crippen LogP contribution in [0.5, 0.6) is 5.75 Å². The van der Waals surface area contributed by atoms with E-state index in [0.29, 0.717) is 12.5 Å². The van der Waals surface area contributed by atoms with Crippen molar-refractivity contribution in [2.24, 2.45) is 0 Å². The van der Waals surface area contributed by atoms with Gasteiger partial charge in [0.1, 0.15) is 12.4 Å². The van der Waals surface area contributed by atoms with Crippen LogP contribution in [0.2, 0.25) is 0 Å². The lowest BCUT2D eigenvalue weighted by molar-refractivity contribution is -0.149. The highest BCUT2D eigenvalue weighted by Crippen LogP contribution is 2.23. The van der Waals surface area contributed by atoms with Crippen LogP contribution in [-0.2, 0) is 9.53 Å². The van der Waals surface area contributed by atoms with E-state index < -0.39 is 12.1 Å². The summed E-state index contributed by atoms with van der Waals surface area (Å²) < 4.78 is 10.6. The quantitative estimate of drug-likeness (QED) is 0.771. The topological polar surface area (TPSA) is 55.8 Å². The number of ether oxygens (including phenoxy) is 2. The van der Waals surface area contributed by atoms with Crippen LogP contribution in [0, 0.1) is 6.92 Å². The number of aliphatic carboxylic acids is 1. The highest BCUT2D eigenvalue weighted by molar-refractivity contribution is 5.71. The Morgan fingerprint density at radius 1 is 1.26 bits per heavy atom. The van der Waals surface area contributed by atoms with Gasteiger partial charge in [-0.1, -0.05) is 19.9 Å². The van der Waals surface area contributed by atoms with Crippen LogP contribution in [0.15, 0.2) is 18.2 Å². The average Bonchev–Trinajstić information content (AvgIpc) is 2.33. The molecule has 1 aromatic carbocycles. The molecule has 1 atom stereocenters. The van der Waals surface area contributed by atoms with Gasteiger partial charge >= 0.3 is 5.97 Å². The molecular weight excluding hydrogens is 244 g/mol. The lowest BCUT2D eigenvalue weighted by Crippen LogP contribution is -2.22. The van der Waals surface area contributed by atoms with Gasteiger partial charge in [-0.15, -0.1) is 0 Å². The summed E-state index contributed by atoms with van der Waals surface area (Å²) in [5.74, 6) is 0.319. The Labute approximate surface area is 114 Å². The van der Waals surface area contributed by atoms with Gasteiger partial charge in [-0.05, 0) is 43.0 Å². The second kappa shape index (κ2) is 7.14. The highest BCUT2D eigenvalue weighted by atomic mass is 16.5. The van der Waals surface area contributed by atoms with E-state index in [9.17, 15) is 4.79 Å². The molecule has 19 heavy (non-hydrogen) atoms. The number of aryl methyl sites for hydroxylation is 1. The van der Waals surface area contributed by atoms with Crippen molar-refractivity contribution in [1.29, 1.82) is 0 Å². The molecule has 0 aliphatic carbocycles. The summed E-state index contributed by atoms with van der Waals surface area (Å²) >= 11 is 0. The van der Waals surface area contributed by atoms with Gasteiger partial charge in [0.25, 0.3) is 0 Å². The molecule has 1 aromatic rings. The summed E-state index contributed by atoms with van der Waals surface area (Å²) in [5.41, 5.74) is 2.51. The summed E-state index contributed by atoms with van der Waals surface area (Å²) in [4.78, 5) is 10.5. The van der Waals surface area contributed by atoms with E-state index in [2.05, 4.69) is 26.8 Å². The maximum absolute atomic E-state index is 10.5. The molecule has 0 spiro atoms. The summed E-state index contributed by atoms with van der Waals surface area (Å²) in [6.45, 7) is 8.49. The molecule has 0 fully saturated rings. The van der Waals surface area contributed by atoms with Crippen LogP contribution in [-0.4, -0.2) is 30.4 Å². The molecule has 1 N–H and O–H groups in total. The molecule has 4 heteroatoms. The van der Waals surface area contributed by atoms with Crippen molar-refractivity contribution < 1.29 is 19.4 Å². The zero-order chi connectivity index (χ0) is 14.4. The van der Waals surface area contributed by atoms with Gasteiger partial charge in [-0.2, -0.15) is 0 Å². The Morgan fingerprint density at radius 2 is 1.95 bits per heavy atom. The normalized spacial score (nSPS) is 12.5. The summed E-state index contributed by atoms with van der Waals surface area (Å²) in [6.07, 6.45) is -0.798. The lowest BCUT2D eigenvalue weighted by atomic mass is 9.98.